The smallest absolute Gasteiger partial charge is 0.410 e. The Hall–Kier alpha value is -1.58. The molecule has 24 heavy (non-hydrogen) atoms. The Kier molecular flexibility index (Phi) is 5.89. The van der Waals surface area contributed by atoms with Crippen molar-refractivity contribution < 1.29 is 9.53 Å². The van der Waals surface area contributed by atoms with Crippen molar-refractivity contribution in [1.29, 1.82) is 5.26 Å². The van der Waals surface area contributed by atoms with Gasteiger partial charge in [-0.15, -0.1) is 0 Å². The summed E-state index contributed by atoms with van der Waals surface area (Å²) < 4.78 is 5.48. The van der Waals surface area contributed by atoms with Crippen LogP contribution >= 0.6 is 15.9 Å². The van der Waals surface area contributed by atoms with Gasteiger partial charge in [0.05, 0.1) is 12.6 Å². The molecular weight excluding hydrogens is 370 g/mol. The van der Waals surface area contributed by atoms with Crippen molar-refractivity contribution in [2.24, 2.45) is 0 Å². The van der Waals surface area contributed by atoms with E-state index < -0.39 is 11.1 Å². The van der Waals surface area contributed by atoms with Gasteiger partial charge in [0.15, 0.2) is 0 Å². The average molecular weight is 394 g/mol. The lowest BCUT2D eigenvalue weighted by Gasteiger charge is -2.28. The van der Waals surface area contributed by atoms with Crippen LogP contribution in [0.3, 0.4) is 0 Å². The maximum absolute atomic E-state index is 12.5. The van der Waals surface area contributed by atoms with Gasteiger partial charge in [0.1, 0.15) is 11.1 Å². The molecule has 0 spiro atoms. The summed E-state index contributed by atoms with van der Waals surface area (Å²) in [5, 5.41) is 13.7. The van der Waals surface area contributed by atoms with E-state index in [4.69, 9.17) is 4.74 Å². The molecule has 1 N–H and O–H groups in total. The number of hydrogen-bond donors (Lipinski definition) is 1. The highest BCUT2D eigenvalue weighted by atomic mass is 79.9. The number of ether oxygens (including phenoxy) is 1. The van der Waals surface area contributed by atoms with Crippen molar-refractivity contribution in [2.45, 2.75) is 50.9 Å². The van der Waals surface area contributed by atoms with Gasteiger partial charge in [-0.1, -0.05) is 46.3 Å². The zero-order valence-corrected chi connectivity index (χ0v) is 16.0. The molecule has 5 nitrogen and oxygen atoms in total. The minimum absolute atomic E-state index is 0.0669. The van der Waals surface area contributed by atoms with Crippen LogP contribution in [0.15, 0.2) is 30.3 Å². The fourth-order valence-corrected chi connectivity index (χ4v) is 3.36. The molecule has 2 rings (SSSR count). The number of carbonyl (C=O) groups is 1. The number of benzene rings is 1. The van der Waals surface area contributed by atoms with Gasteiger partial charge in [0.25, 0.3) is 0 Å². The Morgan fingerprint density at radius 2 is 2.12 bits per heavy atom. The molecule has 1 aliphatic heterocycles. The third-order valence-corrected chi connectivity index (χ3v) is 4.71. The summed E-state index contributed by atoms with van der Waals surface area (Å²) in [7, 11) is 0. The first-order valence-corrected chi connectivity index (χ1v) is 9.16. The summed E-state index contributed by atoms with van der Waals surface area (Å²) >= 11 is 3.45. The van der Waals surface area contributed by atoms with Crippen molar-refractivity contribution in [3.8, 4) is 6.07 Å². The molecule has 1 aromatic carbocycles. The van der Waals surface area contributed by atoms with Crippen LogP contribution in [0.5, 0.6) is 0 Å². The predicted octanol–water partition coefficient (Wildman–Crippen LogP) is 3.44. The summed E-state index contributed by atoms with van der Waals surface area (Å²) in [5.41, 5.74) is -0.202. The molecule has 6 heteroatoms. The molecule has 1 fully saturated rings. The SMILES string of the molecule is CC(C)(C)OC(=O)N1C[C@@](C#N)(NCc2ccccc2)C[C@H]1CBr. The topological polar surface area (TPSA) is 65.4 Å². The standard InChI is InChI=1S/C18H24BrN3O2/c1-17(2,3)24-16(23)22-13-18(12-20,9-15(22)10-19)21-11-14-7-5-4-6-8-14/h4-8,15,21H,9-11,13H2,1-3H3/t15-,18+/m0/s1. The number of nitriles is 1. The van der Waals surface area contributed by atoms with Gasteiger partial charge in [-0.2, -0.15) is 5.26 Å². The molecule has 130 valence electrons. The lowest BCUT2D eigenvalue weighted by Crippen LogP contribution is -2.47. The van der Waals surface area contributed by atoms with E-state index in [-0.39, 0.29) is 12.1 Å². The third kappa shape index (κ3) is 4.71. The maximum atomic E-state index is 12.5. The van der Waals surface area contributed by atoms with Crippen LogP contribution < -0.4 is 5.32 Å². The summed E-state index contributed by atoms with van der Waals surface area (Å²) in [4.78, 5) is 14.1. The summed E-state index contributed by atoms with van der Waals surface area (Å²) in [6.45, 7) is 6.44. The van der Waals surface area contributed by atoms with Crippen LogP contribution in [0.1, 0.15) is 32.8 Å². The van der Waals surface area contributed by atoms with Gasteiger partial charge in [-0.05, 0) is 26.3 Å². The maximum Gasteiger partial charge on any atom is 0.410 e. The van der Waals surface area contributed by atoms with E-state index in [9.17, 15) is 10.1 Å². The highest BCUT2D eigenvalue weighted by molar-refractivity contribution is 9.09. The normalized spacial score (nSPS) is 23.8. The first-order chi connectivity index (χ1) is 11.3. The molecule has 0 radical (unpaired) electrons. The number of carbonyl (C=O) groups excluding carboxylic acids is 1. The van der Waals surface area contributed by atoms with E-state index >= 15 is 0 Å². The Balaban J connectivity index is 2.09. The molecule has 2 atom stereocenters. The van der Waals surface area contributed by atoms with Gasteiger partial charge in [-0.3, -0.25) is 5.32 Å². The number of likely N-dealkylation sites (tertiary alicyclic amines) is 1. The molecule has 1 heterocycles. The fraction of sp³-hybridized carbons (Fsp3) is 0.556. The second kappa shape index (κ2) is 7.54. The summed E-state index contributed by atoms with van der Waals surface area (Å²) in [6.07, 6.45) is 0.200. The number of halogens is 1. The first kappa shape index (κ1) is 18.8. The molecule has 0 saturated carbocycles. The summed E-state index contributed by atoms with van der Waals surface area (Å²) in [6, 6.07) is 12.2. The number of rotatable bonds is 4. The van der Waals surface area contributed by atoms with E-state index in [0.717, 1.165) is 5.56 Å². The van der Waals surface area contributed by atoms with Crippen LogP contribution in [0.25, 0.3) is 0 Å². The highest BCUT2D eigenvalue weighted by Gasteiger charge is 2.47. The third-order valence-electron chi connectivity index (χ3n) is 3.96. The van der Waals surface area contributed by atoms with Crippen LogP contribution in [-0.2, 0) is 11.3 Å². The van der Waals surface area contributed by atoms with Crippen molar-refractivity contribution >= 4 is 22.0 Å². The zero-order chi connectivity index (χ0) is 17.8. The van der Waals surface area contributed by atoms with Crippen molar-refractivity contribution in [2.75, 3.05) is 11.9 Å². The van der Waals surface area contributed by atoms with Crippen molar-refractivity contribution in [3.63, 3.8) is 0 Å². The highest BCUT2D eigenvalue weighted by Crippen LogP contribution is 2.30. The minimum Gasteiger partial charge on any atom is -0.444 e. The summed E-state index contributed by atoms with van der Waals surface area (Å²) in [5.74, 6) is 0. The molecule has 1 aromatic rings. The molecule has 1 saturated heterocycles. The fourth-order valence-electron chi connectivity index (χ4n) is 2.78. The molecule has 0 aliphatic carbocycles. The van der Waals surface area contributed by atoms with Gasteiger partial charge >= 0.3 is 6.09 Å². The minimum atomic E-state index is -0.759. The van der Waals surface area contributed by atoms with Gasteiger partial charge < -0.3 is 9.64 Å². The number of alkyl halides is 1. The molecule has 1 aliphatic rings. The first-order valence-electron chi connectivity index (χ1n) is 8.04. The Bertz CT molecular complexity index is 609. The number of hydrogen-bond acceptors (Lipinski definition) is 4. The zero-order valence-electron chi connectivity index (χ0n) is 14.4. The van der Waals surface area contributed by atoms with E-state index in [0.29, 0.717) is 24.8 Å². The Morgan fingerprint density at radius 1 is 1.46 bits per heavy atom. The Morgan fingerprint density at radius 3 is 2.67 bits per heavy atom. The van der Waals surface area contributed by atoms with Gasteiger partial charge in [0, 0.05) is 24.3 Å². The monoisotopic (exact) mass is 393 g/mol. The molecule has 0 aromatic heterocycles. The quantitative estimate of drug-likeness (QED) is 0.795. The lowest BCUT2D eigenvalue weighted by atomic mass is 9.98. The van der Waals surface area contributed by atoms with E-state index in [1.54, 1.807) is 4.90 Å². The number of amides is 1. The molecule has 1 amide bonds. The second-order valence-electron chi connectivity index (χ2n) is 7.15. The van der Waals surface area contributed by atoms with E-state index in [1.165, 1.54) is 0 Å². The predicted molar refractivity (Wildman–Crippen MR) is 96.8 cm³/mol. The lowest BCUT2D eigenvalue weighted by molar-refractivity contribution is 0.0235. The van der Waals surface area contributed by atoms with Gasteiger partial charge in [-0.25, -0.2) is 4.79 Å². The number of nitrogens with zero attached hydrogens (tertiary/aromatic N) is 2. The molecule has 0 unspecified atom stereocenters. The van der Waals surface area contributed by atoms with Crippen LogP contribution in [0.2, 0.25) is 0 Å². The van der Waals surface area contributed by atoms with Crippen LogP contribution in [0, 0.1) is 11.3 Å². The van der Waals surface area contributed by atoms with E-state index in [1.807, 2.05) is 51.1 Å². The largest absolute Gasteiger partial charge is 0.444 e. The average Bonchev–Trinajstić information content (AvgIpc) is 2.92. The Labute approximate surface area is 152 Å². The number of nitrogens with one attached hydrogen (secondary N) is 1. The van der Waals surface area contributed by atoms with Crippen molar-refractivity contribution in [3.05, 3.63) is 35.9 Å². The van der Waals surface area contributed by atoms with Crippen LogP contribution in [-0.4, -0.2) is 40.0 Å². The van der Waals surface area contributed by atoms with Crippen molar-refractivity contribution in [1.82, 2.24) is 10.2 Å². The van der Waals surface area contributed by atoms with Crippen LogP contribution in [0.4, 0.5) is 4.79 Å². The molecule has 0 bridgehead atoms. The van der Waals surface area contributed by atoms with E-state index in [2.05, 4.69) is 27.3 Å². The molecular formula is C18H24BrN3O2. The second-order valence-corrected chi connectivity index (χ2v) is 7.80. The van der Waals surface area contributed by atoms with Gasteiger partial charge in [0.2, 0.25) is 0 Å².